The Morgan fingerprint density at radius 1 is 1.00 bits per heavy atom. The number of benzene rings is 2. The van der Waals surface area contributed by atoms with E-state index in [0.717, 1.165) is 22.8 Å². The predicted molar refractivity (Wildman–Crippen MR) is 106 cm³/mol. The van der Waals surface area contributed by atoms with Gasteiger partial charge in [0, 0.05) is 24.0 Å². The molecule has 2 N–H and O–H groups in total. The SMILES string of the molecule is COc1ccccc1CNc1ccnc(Nc2c(C)cc(C)cc2C)n1. The van der Waals surface area contributed by atoms with Crippen LogP contribution in [-0.2, 0) is 6.54 Å². The highest BCUT2D eigenvalue weighted by Gasteiger charge is 2.07. The van der Waals surface area contributed by atoms with E-state index in [4.69, 9.17) is 4.74 Å². The summed E-state index contributed by atoms with van der Waals surface area (Å²) in [7, 11) is 1.68. The molecule has 3 aromatic rings. The Morgan fingerprint density at radius 2 is 1.73 bits per heavy atom. The van der Waals surface area contributed by atoms with Gasteiger partial charge in [-0.2, -0.15) is 4.98 Å². The molecule has 0 saturated carbocycles. The minimum Gasteiger partial charge on any atom is -0.496 e. The molecule has 134 valence electrons. The number of nitrogens with one attached hydrogen (secondary N) is 2. The highest BCUT2D eigenvalue weighted by Crippen LogP contribution is 2.25. The lowest BCUT2D eigenvalue weighted by molar-refractivity contribution is 0.410. The van der Waals surface area contributed by atoms with Gasteiger partial charge in [0.1, 0.15) is 11.6 Å². The van der Waals surface area contributed by atoms with Gasteiger partial charge in [0.25, 0.3) is 0 Å². The molecule has 0 unspecified atom stereocenters. The Bertz CT molecular complexity index is 885. The Labute approximate surface area is 154 Å². The molecule has 0 bridgehead atoms. The topological polar surface area (TPSA) is 59.1 Å². The first-order valence-electron chi connectivity index (χ1n) is 8.60. The molecule has 26 heavy (non-hydrogen) atoms. The monoisotopic (exact) mass is 348 g/mol. The zero-order chi connectivity index (χ0) is 18.5. The van der Waals surface area contributed by atoms with Crippen molar-refractivity contribution < 1.29 is 4.74 Å². The number of rotatable bonds is 6. The lowest BCUT2D eigenvalue weighted by Gasteiger charge is -2.14. The zero-order valence-corrected chi connectivity index (χ0v) is 15.6. The number of nitrogens with zero attached hydrogens (tertiary/aromatic N) is 2. The molecule has 0 aliphatic heterocycles. The third-order valence-corrected chi connectivity index (χ3v) is 4.22. The van der Waals surface area contributed by atoms with Crippen molar-refractivity contribution in [1.82, 2.24) is 9.97 Å². The molecule has 0 aliphatic rings. The number of aromatic nitrogens is 2. The van der Waals surface area contributed by atoms with Crippen LogP contribution in [0.4, 0.5) is 17.5 Å². The van der Waals surface area contributed by atoms with Crippen LogP contribution in [0.5, 0.6) is 5.75 Å². The Morgan fingerprint density at radius 3 is 2.46 bits per heavy atom. The van der Waals surface area contributed by atoms with Crippen molar-refractivity contribution in [3.63, 3.8) is 0 Å². The zero-order valence-electron chi connectivity index (χ0n) is 15.6. The van der Waals surface area contributed by atoms with Crippen LogP contribution < -0.4 is 15.4 Å². The second-order valence-corrected chi connectivity index (χ2v) is 6.33. The summed E-state index contributed by atoms with van der Waals surface area (Å²) in [4.78, 5) is 8.91. The van der Waals surface area contributed by atoms with E-state index in [1.54, 1.807) is 13.3 Å². The standard InChI is InChI=1S/C21H24N4O/c1-14-11-15(2)20(16(3)12-14)25-21-22-10-9-19(24-21)23-13-17-7-5-6-8-18(17)26-4/h5-12H,13H2,1-4H3,(H2,22,23,24,25). The van der Waals surface area contributed by atoms with Crippen molar-refractivity contribution in [2.24, 2.45) is 0 Å². The van der Waals surface area contributed by atoms with E-state index in [-0.39, 0.29) is 0 Å². The molecule has 5 nitrogen and oxygen atoms in total. The summed E-state index contributed by atoms with van der Waals surface area (Å²) >= 11 is 0. The van der Waals surface area contributed by atoms with Crippen molar-refractivity contribution >= 4 is 17.5 Å². The first-order chi connectivity index (χ1) is 12.6. The minimum absolute atomic E-state index is 0.574. The summed E-state index contributed by atoms with van der Waals surface area (Å²) in [6.45, 7) is 6.91. The molecule has 0 spiro atoms. The van der Waals surface area contributed by atoms with Gasteiger partial charge >= 0.3 is 0 Å². The van der Waals surface area contributed by atoms with Gasteiger partial charge in [-0.15, -0.1) is 0 Å². The molecular formula is C21H24N4O. The average Bonchev–Trinajstić information content (AvgIpc) is 2.63. The van der Waals surface area contributed by atoms with E-state index < -0.39 is 0 Å². The second-order valence-electron chi connectivity index (χ2n) is 6.33. The van der Waals surface area contributed by atoms with Crippen LogP contribution >= 0.6 is 0 Å². The molecular weight excluding hydrogens is 324 g/mol. The summed E-state index contributed by atoms with van der Waals surface area (Å²) in [6, 6.07) is 14.1. The van der Waals surface area contributed by atoms with Gasteiger partial charge in [-0.3, -0.25) is 0 Å². The van der Waals surface area contributed by atoms with Crippen LogP contribution in [0.25, 0.3) is 0 Å². The fourth-order valence-electron chi connectivity index (χ4n) is 3.04. The summed E-state index contributed by atoms with van der Waals surface area (Å²) in [5.74, 6) is 2.19. The molecule has 1 heterocycles. The largest absolute Gasteiger partial charge is 0.496 e. The van der Waals surface area contributed by atoms with E-state index in [1.807, 2.05) is 30.3 Å². The van der Waals surface area contributed by atoms with Crippen molar-refractivity contribution in [1.29, 1.82) is 0 Å². The first kappa shape index (κ1) is 17.7. The molecule has 0 amide bonds. The second kappa shape index (κ2) is 7.87. The summed E-state index contributed by atoms with van der Waals surface area (Å²) in [5.41, 5.74) is 5.74. The lowest BCUT2D eigenvalue weighted by atomic mass is 10.1. The summed E-state index contributed by atoms with van der Waals surface area (Å²) in [5, 5.41) is 6.67. The molecule has 5 heteroatoms. The van der Waals surface area contributed by atoms with Crippen molar-refractivity contribution in [3.8, 4) is 5.75 Å². The summed E-state index contributed by atoms with van der Waals surface area (Å²) in [6.07, 6.45) is 1.75. The molecule has 1 aromatic heterocycles. The van der Waals surface area contributed by atoms with Crippen molar-refractivity contribution in [3.05, 3.63) is 70.9 Å². The van der Waals surface area contributed by atoms with Gasteiger partial charge < -0.3 is 15.4 Å². The van der Waals surface area contributed by atoms with E-state index in [9.17, 15) is 0 Å². The molecule has 0 atom stereocenters. The highest BCUT2D eigenvalue weighted by atomic mass is 16.5. The molecule has 2 aromatic carbocycles. The van der Waals surface area contributed by atoms with Gasteiger partial charge in [0.15, 0.2) is 0 Å². The van der Waals surface area contributed by atoms with Crippen LogP contribution in [0, 0.1) is 20.8 Å². The van der Waals surface area contributed by atoms with Gasteiger partial charge in [0.05, 0.1) is 7.11 Å². The minimum atomic E-state index is 0.574. The normalized spacial score (nSPS) is 10.5. The van der Waals surface area contributed by atoms with Gasteiger partial charge in [-0.05, 0) is 44.0 Å². The predicted octanol–water partition coefficient (Wildman–Crippen LogP) is 4.77. The fraction of sp³-hybridized carbons (Fsp3) is 0.238. The third kappa shape index (κ3) is 4.11. The number of hydrogen-bond donors (Lipinski definition) is 2. The average molecular weight is 348 g/mol. The Hall–Kier alpha value is -3.08. The quantitative estimate of drug-likeness (QED) is 0.672. The number of hydrogen-bond acceptors (Lipinski definition) is 5. The maximum Gasteiger partial charge on any atom is 0.229 e. The smallest absolute Gasteiger partial charge is 0.229 e. The molecule has 0 fully saturated rings. The van der Waals surface area contributed by atoms with E-state index >= 15 is 0 Å². The fourth-order valence-corrected chi connectivity index (χ4v) is 3.04. The van der Waals surface area contributed by atoms with Gasteiger partial charge in [-0.1, -0.05) is 35.9 Å². The van der Waals surface area contributed by atoms with Gasteiger partial charge in [0.2, 0.25) is 5.95 Å². The van der Waals surface area contributed by atoms with Crippen LogP contribution in [0.1, 0.15) is 22.3 Å². The maximum absolute atomic E-state index is 5.39. The Balaban J connectivity index is 1.75. The number of methoxy groups -OCH3 is 1. The molecule has 0 saturated heterocycles. The number of aryl methyl sites for hydroxylation is 3. The summed E-state index contributed by atoms with van der Waals surface area (Å²) < 4.78 is 5.39. The van der Waals surface area contributed by atoms with Crippen LogP contribution in [0.3, 0.4) is 0 Å². The van der Waals surface area contributed by atoms with Crippen molar-refractivity contribution in [2.75, 3.05) is 17.7 Å². The third-order valence-electron chi connectivity index (χ3n) is 4.22. The number of ether oxygens (including phenoxy) is 1. The van der Waals surface area contributed by atoms with Gasteiger partial charge in [-0.25, -0.2) is 4.98 Å². The Kier molecular flexibility index (Phi) is 5.37. The van der Waals surface area contributed by atoms with E-state index in [2.05, 4.69) is 53.5 Å². The van der Waals surface area contributed by atoms with E-state index in [0.29, 0.717) is 12.5 Å². The molecule has 3 rings (SSSR count). The maximum atomic E-state index is 5.39. The first-order valence-corrected chi connectivity index (χ1v) is 8.60. The van der Waals surface area contributed by atoms with Crippen LogP contribution in [0.15, 0.2) is 48.7 Å². The van der Waals surface area contributed by atoms with Crippen LogP contribution in [-0.4, -0.2) is 17.1 Å². The highest BCUT2D eigenvalue weighted by molar-refractivity contribution is 5.64. The van der Waals surface area contributed by atoms with Crippen LogP contribution in [0.2, 0.25) is 0 Å². The number of anilines is 3. The number of para-hydroxylation sites is 1. The molecule has 0 aliphatic carbocycles. The molecule has 0 radical (unpaired) electrons. The lowest BCUT2D eigenvalue weighted by Crippen LogP contribution is -2.06. The van der Waals surface area contributed by atoms with Crippen molar-refractivity contribution in [2.45, 2.75) is 27.3 Å². The van der Waals surface area contributed by atoms with E-state index in [1.165, 1.54) is 16.7 Å².